The first-order valence-electron chi connectivity index (χ1n) is 11.8. The van der Waals surface area contributed by atoms with Gasteiger partial charge in [-0.05, 0) is 59.9 Å². The van der Waals surface area contributed by atoms with Gasteiger partial charge >= 0.3 is 0 Å². The van der Waals surface area contributed by atoms with Crippen LogP contribution >= 0.6 is 0 Å². The van der Waals surface area contributed by atoms with E-state index in [4.69, 9.17) is 0 Å². The van der Waals surface area contributed by atoms with E-state index in [0.29, 0.717) is 6.54 Å². The number of hydrogen-bond acceptors (Lipinski definition) is 5. The molecular weight excluding hydrogens is 500 g/mol. The lowest BCUT2D eigenvalue weighted by Gasteiger charge is -2.25. The lowest BCUT2D eigenvalue weighted by Crippen LogP contribution is -2.48. The second-order valence-electron chi connectivity index (χ2n) is 8.89. The molecule has 0 spiro atoms. The van der Waals surface area contributed by atoms with Crippen LogP contribution in [0.3, 0.4) is 0 Å². The maximum atomic E-state index is 13.8. The molecule has 10 heteroatoms. The molecule has 198 valence electrons. The van der Waals surface area contributed by atoms with Crippen LogP contribution in [0.2, 0.25) is 0 Å². The van der Waals surface area contributed by atoms with Crippen LogP contribution < -0.4 is 15.4 Å². The highest BCUT2D eigenvalue weighted by Gasteiger charge is 2.23. The Hall–Kier alpha value is -3.34. The molecule has 0 aliphatic carbocycles. The molecule has 2 unspecified atom stereocenters. The van der Waals surface area contributed by atoms with Gasteiger partial charge in [-0.2, -0.15) is 0 Å². The van der Waals surface area contributed by atoms with Crippen molar-refractivity contribution in [2.75, 3.05) is 17.5 Å². The normalized spacial score (nSPS) is 13.1. The predicted molar refractivity (Wildman–Crippen MR) is 140 cm³/mol. The van der Waals surface area contributed by atoms with Gasteiger partial charge in [-0.25, -0.2) is 17.2 Å². The van der Waals surface area contributed by atoms with Crippen LogP contribution in [0.5, 0.6) is 0 Å². The van der Waals surface area contributed by atoms with Crippen molar-refractivity contribution in [3.8, 4) is 0 Å². The van der Waals surface area contributed by atoms with Crippen LogP contribution in [0.15, 0.2) is 66.7 Å². The summed E-state index contributed by atoms with van der Waals surface area (Å²) in [6.45, 7) is 2.65. The van der Waals surface area contributed by atoms with Gasteiger partial charge in [0.25, 0.3) is 5.91 Å². The van der Waals surface area contributed by atoms with Crippen molar-refractivity contribution in [3.63, 3.8) is 0 Å². The van der Waals surface area contributed by atoms with Crippen molar-refractivity contribution in [2.45, 2.75) is 38.5 Å². The number of nitrogens with one attached hydrogen (secondary N) is 3. The zero-order valence-electron chi connectivity index (χ0n) is 20.7. The lowest BCUT2D eigenvalue weighted by molar-refractivity contribution is 0.0830. The van der Waals surface area contributed by atoms with Gasteiger partial charge in [-0.15, -0.1) is 0 Å². The molecule has 0 bridgehead atoms. The minimum Gasteiger partial charge on any atom is -0.390 e. The van der Waals surface area contributed by atoms with E-state index in [1.54, 1.807) is 0 Å². The van der Waals surface area contributed by atoms with Crippen LogP contribution in [0.1, 0.15) is 34.0 Å². The zero-order valence-corrected chi connectivity index (χ0v) is 21.5. The summed E-state index contributed by atoms with van der Waals surface area (Å²) >= 11 is 0. The summed E-state index contributed by atoms with van der Waals surface area (Å²) in [5.41, 5.74) is 2.85. The van der Waals surface area contributed by atoms with Crippen molar-refractivity contribution in [1.29, 1.82) is 0 Å². The average molecular weight is 532 g/mol. The standard InChI is InChI=1S/C27H31F2N3O4S/c1-3-18-6-4-7-19(10-18)16-30-17-26(33)25(13-20-11-22(28)15-23(29)12-20)31-27(34)21-8-5-9-24(14-21)32-37(2,35)36/h4-12,14-15,25-26,30,32-33H,3,13,16-17H2,1-2H3,(H,31,34). The number of aliphatic hydroxyl groups is 1. The largest absolute Gasteiger partial charge is 0.390 e. The van der Waals surface area contributed by atoms with Crippen molar-refractivity contribution in [2.24, 2.45) is 0 Å². The molecule has 3 aromatic rings. The second kappa shape index (κ2) is 12.8. The van der Waals surface area contributed by atoms with Crippen LogP contribution in [-0.2, 0) is 29.4 Å². The van der Waals surface area contributed by atoms with Gasteiger partial charge in [0.2, 0.25) is 10.0 Å². The van der Waals surface area contributed by atoms with Gasteiger partial charge in [0.1, 0.15) is 11.6 Å². The summed E-state index contributed by atoms with van der Waals surface area (Å²) in [6, 6.07) is 16.0. The molecule has 0 aliphatic rings. The molecule has 0 aromatic heterocycles. The highest BCUT2D eigenvalue weighted by Crippen LogP contribution is 2.15. The topological polar surface area (TPSA) is 108 Å². The maximum absolute atomic E-state index is 13.8. The van der Waals surface area contributed by atoms with E-state index in [0.717, 1.165) is 36.4 Å². The number of carbonyl (C=O) groups is 1. The minimum absolute atomic E-state index is 0.0319. The number of rotatable bonds is 12. The molecule has 7 nitrogen and oxygen atoms in total. The van der Waals surface area contributed by atoms with Crippen molar-refractivity contribution < 1.29 is 27.1 Å². The van der Waals surface area contributed by atoms with Crippen LogP contribution in [0, 0.1) is 11.6 Å². The Bertz CT molecular complexity index is 1310. The molecule has 1 amide bonds. The number of hydrogen-bond donors (Lipinski definition) is 4. The fourth-order valence-electron chi connectivity index (χ4n) is 3.92. The highest BCUT2D eigenvalue weighted by molar-refractivity contribution is 7.92. The third-order valence-corrected chi connectivity index (χ3v) is 6.28. The second-order valence-corrected chi connectivity index (χ2v) is 10.6. The van der Waals surface area contributed by atoms with Gasteiger partial charge in [0.05, 0.1) is 18.4 Å². The van der Waals surface area contributed by atoms with Gasteiger partial charge in [0.15, 0.2) is 0 Å². The molecule has 0 radical (unpaired) electrons. The van der Waals surface area contributed by atoms with E-state index < -0.39 is 39.7 Å². The van der Waals surface area contributed by atoms with Crippen LogP contribution in [0.4, 0.5) is 14.5 Å². The van der Waals surface area contributed by atoms with Crippen molar-refractivity contribution in [3.05, 3.63) is 101 Å². The zero-order chi connectivity index (χ0) is 27.0. The van der Waals surface area contributed by atoms with Crippen LogP contribution in [-0.4, -0.2) is 44.4 Å². The number of sulfonamides is 1. The number of amides is 1. The van der Waals surface area contributed by atoms with E-state index in [2.05, 4.69) is 28.3 Å². The number of halogens is 2. The summed E-state index contributed by atoms with van der Waals surface area (Å²) in [4.78, 5) is 13.0. The Kier molecular flexibility index (Phi) is 9.73. The van der Waals surface area contributed by atoms with E-state index in [1.165, 1.54) is 29.8 Å². The first-order valence-corrected chi connectivity index (χ1v) is 13.7. The Labute approximate surface area is 216 Å². The SMILES string of the molecule is CCc1cccc(CNCC(O)C(Cc2cc(F)cc(F)c2)NC(=O)c2cccc(NS(C)(=O)=O)c2)c1. The smallest absolute Gasteiger partial charge is 0.251 e. The molecule has 3 rings (SSSR count). The summed E-state index contributed by atoms with van der Waals surface area (Å²) in [7, 11) is -3.54. The highest BCUT2D eigenvalue weighted by atomic mass is 32.2. The van der Waals surface area contributed by atoms with Gasteiger partial charge in [0, 0.05) is 30.4 Å². The summed E-state index contributed by atoms with van der Waals surface area (Å²) in [5.74, 6) is -2.10. The van der Waals surface area contributed by atoms with Crippen LogP contribution in [0.25, 0.3) is 0 Å². The molecule has 3 aromatic carbocycles. The number of anilines is 1. The fraction of sp³-hybridized carbons (Fsp3) is 0.296. The van der Waals surface area contributed by atoms with Gasteiger partial charge in [-0.3, -0.25) is 9.52 Å². The van der Waals surface area contributed by atoms with E-state index in [1.807, 2.05) is 18.2 Å². The van der Waals surface area contributed by atoms with E-state index in [-0.39, 0.29) is 29.8 Å². The molecular formula is C27H31F2N3O4S. The number of carbonyl (C=O) groups excluding carboxylic acids is 1. The monoisotopic (exact) mass is 531 g/mol. The quantitative estimate of drug-likeness (QED) is 0.287. The number of aliphatic hydroxyl groups excluding tert-OH is 1. The molecule has 2 atom stereocenters. The predicted octanol–water partition coefficient (Wildman–Crippen LogP) is 3.39. The van der Waals surface area contributed by atoms with Crippen molar-refractivity contribution >= 4 is 21.6 Å². The molecule has 0 saturated heterocycles. The number of aryl methyl sites for hydroxylation is 1. The summed E-state index contributed by atoms with van der Waals surface area (Å²) in [6.07, 6.45) is 0.767. The van der Waals surface area contributed by atoms with Gasteiger partial charge < -0.3 is 15.7 Å². The van der Waals surface area contributed by atoms with Gasteiger partial charge in [-0.1, -0.05) is 37.3 Å². The fourth-order valence-corrected chi connectivity index (χ4v) is 4.48. The third kappa shape index (κ3) is 9.23. The Balaban J connectivity index is 1.74. The average Bonchev–Trinajstić information content (AvgIpc) is 2.82. The van der Waals surface area contributed by atoms with Crippen molar-refractivity contribution in [1.82, 2.24) is 10.6 Å². The van der Waals surface area contributed by atoms with E-state index in [9.17, 15) is 27.1 Å². The van der Waals surface area contributed by atoms with E-state index >= 15 is 0 Å². The lowest BCUT2D eigenvalue weighted by atomic mass is 10.00. The molecule has 0 fully saturated rings. The first kappa shape index (κ1) is 28.2. The first-order chi connectivity index (χ1) is 17.5. The summed E-state index contributed by atoms with van der Waals surface area (Å²) in [5, 5.41) is 16.8. The Morgan fingerprint density at radius 3 is 2.30 bits per heavy atom. The molecule has 0 aliphatic heterocycles. The molecule has 4 N–H and O–H groups in total. The third-order valence-electron chi connectivity index (χ3n) is 5.67. The maximum Gasteiger partial charge on any atom is 0.251 e. The summed E-state index contributed by atoms with van der Waals surface area (Å²) < 4.78 is 52.9. The molecule has 0 heterocycles. The molecule has 37 heavy (non-hydrogen) atoms. The Morgan fingerprint density at radius 1 is 0.946 bits per heavy atom. The Morgan fingerprint density at radius 2 is 1.62 bits per heavy atom. The number of benzene rings is 3. The minimum atomic E-state index is -3.54. The molecule has 0 saturated carbocycles.